The highest BCUT2D eigenvalue weighted by molar-refractivity contribution is 6.52. The van der Waals surface area contributed by atoms with E-state index in [-0.39, 0.29) is 22.8 Å². The highest BCUT2D eigenvalue weighted by atomic mass is 16.5. The number of aromatic hydroxyl groups is 1. The van der Waals surface area contributed by atoms with Crippen LogP contribution >= 0.6 is 0 Å². The summed E-state index contributed by atoms with van der Waals surface area (Å²) >= 11 is 0. The molecule has 0 aromatic heterocycles. The number of methoxy groups -OCH3 is 1. The van der Waals surface area contributed by atoms with Gasteiger partial charge < -0.3 is 19.7 Å². The lowest BCUT2D eigenvalue weighted by atomic mass is 9.94. The molecule has 1 fully saturated rings. The Hall–Kier alpha value is -4.26. The number of aliphatic hydroxyl groups excluding tert-OH is 1. The smallest absolute Gasteiger partial charge is 0.300 e. The fourth-order valence-electron chi connectivity index (χ4n) is 4.34. The van der Waals surface area contributed by atoms with Gasteiger partial charge in [0.2, 0.25) is 0 Å². The third-order valence-corrected chi connectivity index (χ3v) is 6.16. The minimum atomic E-state index is -1.01. The number of carbonyl (C=O) groups excluding carboxylic acids is 2. The van der Waals surface area contributed by atoms with E-state index in [2.05, 4.69) is 6.92 Å². The predicted molar refractivity (Wildman–Crippen MR) is 137 cm³/mol. The van der Waals surface area contributed by atoms with E-state index < -0.39 is 17.7 Å². The Labute approximate surface area is 210 Å². The number of aliphatic hydroxyl groups is 1. The first kappa shape index (κ1) is 24.9. The summed E-state index contributed by atoms with van der Waals surface area (Å²) in [5.41, 5.74) is 0.931. The van der Waals surface area contributed by atoms with Gasteiger partial charge in [0, 0.05) is 11.1 Å². The Morgan fingerprint density at radius 3 is 2.33 bits per heavy atom. The fraction of sp³-hybridized carbons (Fsp3) is 0.241. The van der Waals surface area contributed by atoms with Gasteiger partial charge >= 0.3 is 0 Å². The van der Waals surface area contributed by atoms with Crippen LogP contribution in [0, 0.1) is 0 Å². The van der Waals surface area contributed by atoms with Crippen LogP contribution in [0.15, 0.2) is 78.4 Å². The Balaban J connectivity index is 1.80. The van der Waals surface area contributed by atoms with Crippen molar-refractivity contribution in [2.75, 3.05) is 18.6 Å². The standard InChI is InChI=1S/C29H29NO6/c1-3-4-9-18-36-20-16-14-19(15-17-20)27(32)25-26(21-10-5-8-13-24(21)35-2)30(29(34)28(25)33)22-11-6-7-12-23(22)31/h5-8,10-17,26,31-32H,3-4,9,18H2,1-2H3/b27-25+. The van der Waals surface area contributed by atoms with Crippen molar-refractivity contribution in [3.05, 3.63) is 89.5 Å². The lowest BCUT2D eigenvalue weighted by Crippen LogP contribution is -2.29. The predicted octanol–water partition coefficient (Wildman–Crippen LogP) is 5.60. The van der Waals surface area contributed by atoms with Crippen LogP contribution in [0.25, 0.3) is 5.76 Å². The molecule has 1 aliphatic rings. The van der Waals surface area contributed by atoms with Gasteiger partial charge in [-0.3, -0.25) is 14.5 Å². The number of hydrogen-bond acceptors (Lipinski definition) is 6. The third kappa shape index (κ3) is 4.77. The van der Waals surface area contributed by atoms with Crippen molar-refractivity contribution in [1.29, 1.82) is 0 Å². The maximum atomic E-state index is 13.3. The van der Waals surface area contributed by atoms with Gasteiger partial charge in [0.25, 0.3) is 11.7 Å². The molecule has 0 bridgehead atoms. The normalized spacial score (nSPS) is 16.8. The molecular formula is C29H29NO6. The lowest BCUT2D eigenvalue weighted by molar-refractivity contribution is -0.132. The molecule has 3 aromatic rings. The molecule has 2 N–H and O–H groups in total. The van der Waals surface area contributed by atoms with Crippen molar-refractivity contribution in [3.8, 4) is 17.2 Å². The van der Waals surface area contributed by atoms with Crippen molar-refractivity contribution in [2.24, 2.45) is 0 Å². The van der Waals surface area contributed by atoms with Gasteiger partial charge in [0.1, 0.15) is 23.0 Å². The second kappa shape index (κ2) is 11.0. The van der Waals surface area contributed by atoms with Crippen molar-refractivity contribution >= 4 is 23.1 Å². The van der Waals surface area contributed by atoms with Gasteiger partial charge in [0.15, 0.2) is 0 Å². The zero-order valence-corrected chi connectivity index (χ0v) is 20.3. The maximum Gasteiger partial charge on any atom is 0.300 e. The Bertz CT molecular complexity index is 1280. The van der Waals surface area contributed by atoms with Gasteiger partial charge in [-0.25, -0.2) is 0 Å². The molecule has 1 atom stereocenters. The van der Waals surface area contributed by atoms with E-state index in [1.165, 1.54) is 18.1 Å². The molecular weight excluding hydrogens is 458 g/mol. The molecule has 0 aliphatic carbocycles. The van der Waals surface area contributed by atoms with E-state index in [4.69, 9.17) is 9.47 Å². The van der Waals surface area contributed by atoms with Crippen molar-refractivity contribution in [3.63, 3.8) is 0 Å². The number of para-hydroxylation sites is 3. The van der Waals surface area contributed by atoms with Gasteiger partial charge in [-0.2, -0.15) is 0 Å². The number of ether oxygens (including phenoxy) is 2. The van der Waals surface area contributed by atoms with Crippen molar-refractivity contribution in [2.45, 2.75) is 32.2 Å². The number of phenols is 1. The molecule has 1 aliphatic heterocycles. The van der Waals surface area contributed by atoms with E-state index in [9.17, 15) is 19.8 Å². The summed E-state index contributed by atoms with van der Waals surface area (Å²) in [5, 5.41) is 21.8. The van der Waals surface area contributed by atoms with Crippen molar-refractivity contribution < 1.29 is 29.3 Å². The summed E-state index contributed by atoms with van der Waals surface area (Å²) < 4.78 is 11.3. The van der Waals surface area contributed by atoms with Crippen LogP contribution in [0.1, 0.15) is 43.4 Å². The number of Topliss-reactive ketones (excluding diaryl/α,β-unsaturated/α-hetero) is 1. The fourth-order valence-corrected chi connectivity index (χ4v) is 4.34. The Morgan fingerprint density at radius 2 is 1.64 bits per heavy atom. The van der Waals surface area contributed by atoms with E-state index in [1.807, 2.05) is 0 Å². The minimum absolute atomic E-state index is 0.0932. The summed E-state index contributed by atoms with van der Waals surface area (Å²) in [5.74, 6) is -1.11. The summed E-state index contributed by atoms with van der Waals surface area (Å²) in [6, 6.07) is 19.0. The number of benzene rings is 3. The second-order valence-corrected chi connectivity index (χ2v) is 8.48. The first-order valence-corrected chi connectivity index (χ1v) is 11.9. The van der Waals surface area contributed by atoms with E-state index >= 15 is 0 Å². The quantitative estimate of drug-likeness (QED) is 0.177. The molecule has 3 aromatic carbocycles. The molecule has 1 saturated heterocycles. The van der Waals surface area contributed by atoms with E-state index in [0.29, 0.717) is 29.2 Å². The van der Waals surface area contributed by atoms with Crippen LogP contribution in [0.5, 0.6) is 17.2 Å². The molecule has 0 spiro atoms. The monoisotopic (exact) mass is 487 g/mol. The van der Waals surface area contributed by atoms with Gasteiger partial charge in [-0.1, -0.05) is 50.1 Å². The summed E-state index contributed by atoms with van der Waals surface area (Å²) in [6.07, 6.45) is 3.13. The largest absolute Gasteiger partial charge is 0.507 e. The number of hydrogen-bond donors (Lipinski definition) is 2. The summed E-state index contributed by atoms with van der Waals surface area (Å²) in [4.78, 5) is 27.8. The number of phenolic OH excluding ortho intramolecular Hbond substituents is 1. The van der Waals surface area contributed by atoms with Gasteiger partial charge in [-0.05, 0) is 48.9 Å². The number of amides is 1. The third-order valence-electron chi connectivity index (χ3n) is 6.16. The number of unbranched alkanes of at least 4 members (excludes halogenated alkanes) is 2. The average molecular weight is 488 g/mol. The molecule has 7 nitrogen and oxygen atoms in total. The zero-order chi connectivity index (χ0) is 25.7. The Morgan fingerprint density at radius 1 is 0.944 bits per heavy atom. The first-order valence-electron chi connectivity index (χ1n) is 11.9. The van der Waals surface area contributed by atoms with Crippen molar-refractivity contribution in [1.82, 2.24) is 0 Å². The molecule has 1 amide bonds. The summed E-state index contributed by atoms with van der Waals surface area (Å²) in [7, 11) is 1.49. The molecule has 36 heavy (non-hydrogen) atoms. The zero-order valence-electron chi connectivity index (χ0n) is 20.3. The van der Waals surface area contributed by atoms with Crippen LogP contribution in [0.3, 0.4) is 0 Å². The number of anilines is 1. The van der Waals surface area contributed by atoms with Crippen LogP contribution in [-0.4, -0.2) is 35.6 Å². The molecule has 7 heteroatoms. The topological polar surface area (TPSA) is 96.3 Å². The molecule has 4 rings (SSSR count). The SMILES string of the molecule is CCCCCOc1ccc(/C(O)=C2\C(=O)C(=O)N(c3ccccc3O)C2c2ccccc2OC)cc1. The minimum Gasteiger partial charge on any atom is -0.507 e. The average Bonchev–Trinajstić information content (AvgIpc) is 3.16. The second-order valence-electron chi connectivity index (χ2n) is 8.48. The lowest BCUT2D eigenvalue weighted by Gasteiger charge is -2.27. The van der Waals surface area contributed by atoms with Crippen LogP contribution in [-0.2, 0) is 9.59 Å². The summed E-state index contributed by atoms with van der Waals surface area (Å²) in [6.45, 7) is 2.72. The van der Waals surface area contributed by atoms with Crippen LogP contribution in [0.4, 0.5) is 5.69 Å². The highest BCUT2D eigenvalue weighted by Crippen LogP contribution is 2.46. The Kier molecular flexibility index (Phi) is 7.59. The molecule has 1 heterocycles. The molecule has 1 unspecified atom stereocenters. The highest BCUT2D eigenvalue weighted by Gasteiger charge is 2.48. The van der Waals surface area contributed by atoms with E-state index in [1.54, 1.807) is 66.7 Å². The number of carbonyl (C=O) groups is 2. The molecule has 0 saturated carbocycles. The first-order chi connectivity index (χ1) is 17.5. The van der Waals surface area contributed by atoms with Gasteiger partial charge in [0.05, 0.1) is 31.0 Å². The number of rotatable bonds is 9. The number of nitrogens with zero attached hydrogens (tertiary/aromatic N) is 1. The molecule has 0 radical (unpaired) electrons. The van der Waals surface area contributed by atoms with Crippen LogP contribution in [0.2, 0.25) is 0 Å². The maximum absolute atomic E-state index is 13.3. The number of ketones is 1. The van der Waals surface area contributed by atoms with Gasteiger partial charge in [-0.15, -0.1) is 0 Å². The van der Waals surface area contributed by atoms with Crippen LogP contribution < -0.4 is 14.4 Å². The molecule has 186 valence electrons. The van der Waals surface area contributed by atoms with E-state index in [0.717, 1.165) is 19.3 Å².